The summed E-state index contributed by atoms with van der Waals surface area (Å²) in [5.74, 6) is 0. The molecule has 3 nitrogen and oxygen atoms in total. The van der Waals surface area contributed by atoms with Gasteiger partial charge in [0.15, 0.2) is 0 Å². The molecule has 0 aliphatic heterocycles. The number of aromatic nitrogens is 1. The van der Waals surface area contributed by atoms with Gasteiger partial charge in [-0.1, -0.05) is 19.1 Å². The van der Waals surface area contributed by atoms with Crippen LogP contribution in [-0.2, 0) is 0 Å². The third-order valence-electron chi connectivity index (χ3n) is 3.37. The van der Waals surface area contributed by atoms with Crippen LogP contribution in [0.1, 0.15) is 30.6 Å². The van der Waals surface area contributed by atoms with E-state index in [0.29, 0.717) is 0 Å². The Bertz CT molecular complexity index is 534. The normalized spacial score (nSPS) is 12.2. The molecule has 0 saturated carbocycles. The van der Waals surface area contributed by atoms with Gasteiger partial charge in [-0.3, -0.25) is 4.98 Å². The molecule has 0 radical (unpaired) electrons. The second-order valence-electron chi connectivity index (χ2n) is 4.85. The van der Waals surface area contributed by atoms with Crippen molar-refractivity contribution in [2.45, 2.75) is 26.3 Å². The Morgan fingerprint density at radius 3 is 2.58 bits per heavy atom. The highest BCUT2D eigenvalue weighted by molar-refractivity contribution is 5.62. The predicted octanol–water partition coefficient (Wildman–Crippen LogP) is 3.57. The first-order valence-corrected chi connectivity index (χ1v) is 6.63. The summed E-state index contributed by atoms with van der Waals surface area (Å²) in [7, 11) is 2.05. The molecule has 0 bridgehead atoms. The lowest BCUT2D eigenvalue weighted by Gasteiger charge is -2.20. The molecule has 0 amide bonds. The molecule has 2 rings (SSSR count). The smallest absolute Gasteiger partial charge is 0.0594 e. The minimum Gasteiger partial charge on any atom is -0.343 e. The molecule has 0 fully saturated rings. The molecule has 1 aromatic heterocycles. The number of anilines is 2. The standard InChI is InChI=1S/C16H21N3/c1-4-15(17)16-9-8-14(11-18-16)19(3)13-7-5-6-12(2)10-13/h5-11,15H,4,17H2,1-3H3. The Morgan fingerprint density at radius 2 is 2.00 bits per heavy atom. The fraction of sp³-hybridized carbons (Fsp3) is 0.312. The molecule has 19 heavy (non-hydrogen) atoms. The van der Waals surface area contributed by atoms with Crippen LogP contribution in [0.4, 0.5) is 11.4 Å². The van der Waals surface area contributed by atoms with Gasteiger partial charge < -0.3 is 10.6 Å². The monoisotopic (exact) mass is 255 g/mol. The van der Waals surface area contributed by atoms with Crippen molar-refractivity contribution in [3.63, 3.8) is 0 Å². The van der Waals surface area contributed by atoms with Crippen molar-refractivity contribution in [2.75, 3.05) is 11.9 Å². The summed E-state index contributed by atoms with van der Waals surface area (Å²) in [6, 6.07) is 12.5. The number of hydrogen-bond acceptors (Lipinski definition) is 3. The summed E-state index contributed by atoms with van der Waals surface area (Å²) >= 11 is 0. The largest absolute Gasteiger partial charge is 0.343 e. The summed E-state index contributed by atoms with van der Waals surface area (Å²) in [4.78, 5) is 6.58. The summed E-state index contributed by atoms with van der Waals surface area (Å²) in [6.45, 7) is 4.16. The number of hydrogen-bond donors (Lipinski definition) is 1. The average molecular weight is 255 g/mol. The Kier molecular flexibility index (Phi) is 4.17. The molecule has 3 heteroatoms. The molecule has 0 aliphatic rings. The number of nitrogens with two attached hydrogens (primary N) is 1. The molecule has 2 aromatic rings. The van der Waals surface area contributed by atoms with Gasteiger partial charge in [0.25, 0.3) is 0 Å². The molecule has 0 saturated heterocycles. The van der Waals surface area contributed by atoms with E-state index in [1.165, 1.54) is 5.56 Å². The van der Waals surface area contributed by atoms with Gasteiger partial charge in [0.05, 0.1) is 17.6 Å². The van der Waals surface area contributed by atoms with Crippen LogP contribution >= 0.6 is 0 Å². The molecule has 2 N–H and O–H groups in total. The minimum absolute atomic E-state index is 0.0262. The molecule has 1 unspecified atom stereocenters. The molecule has 1 atom stereocenters. The van der Waals surface area contributed by atoms with E-state index in [2.05, 4.69) is 54.1 Å². The van der Waals surface area contributed by atoms with E-state index >= 15 is 0 Å². The topological polar surface area (TPSA) is 42.1 Å². The lowest BCUT2D eigenvalue weighted by molar-refractivity contribution is 0.675. The van der Waals surface area contributed by atoms with Gasteiger partial charge in [0.2, 0.25) is 0 Å². The van der Waals surface area contributed by atoms with E-state index in [-0.39, 0.29) is 6.04 Å². The number of rotatable bonds is 4. The van der Waals surface area contributed by atoms with Crippen molar-refractivity contribution >= 4 is 11.4 Å². The van der Waals surface area contributed by atoms with Crippen LogP contribution in [0, 0.1) is 6.92 Å². The van der Waals surface area contributed by atoms with E-state index in [1.807, 2.05) is 19.3 Å². The Labute approximate surface area is 115 Å². The van der Waals surface area contributed by atoms with Gasteiger partial charge >= 0.3 is 0 Å². The highest BCUT2D eigenvalue weighted by Gasteiger charge is 2.07. The quantitative estimate of drug-likeness (QED) is 0.908. The first kappa shape index (κ1) is 13.6. The molecular formula is C16H21N3. The van der Waals surface area contributed by atoms with E-state index in [9.17, 15) is 0 Å². The zero-order valence-corrected chi connectivity index (χ0v) is 11.8. The van der Waals surface area contributed by atoms with E-state index in [0.717, 1.165) is 23.5 Å². The van der Waals surface area contributed by atoms with E-state index < -0.39 is 0 Å². The van der Waals surface area contributed by atoms with Crippen LogP contribution in [0.2, 0.25) is 0 Å². The molecule has 0 spiro atoms. The predicted molar refractivity (Wildman–Crippen MR) is 80.7 cm³/mol. The van der Waals surface area contributed by atoms with E-state index in [4.69, 9.17) is 5.73 Å². The van der Waals surface area contributed by atoms with Gasteiger partial charge in [-0.15, -0.1) is 0 Å². The molecule has 100 valence electrons. The highest BCUT2D eigenvalue weighted by atomic mass is 15.1. The fourth-order valence-electron chi connectivity index (χ4n) is 2.01. The second-order valence-corrected chi connectivity index (χ2v) is 4.85. The van der Waals surface area contributed by atoms with Gasteiger partial charge in [-0.25, -0.2) is 0 Å². The van der Waals surface area contributed by atoms with Gasteiger partial charge in [0.1, 0.15) is 0 Å². The maximum absolute atomic E-state index is 5.98. The maximum Gasteiger partial charge on any atom is 0.0594 e. The van der Waals surface area contributed by atoms with Crippen molar-refractivity contribution < 1.29 is 0 Å². The van der Waals surface area contributed by atoms with Crippen molar-refractivity contribution in [2.24, 2.45) is 5.73 Å². The second kappa shape index (κ2) is 5.85. The Morgan fingerprint density at radius 1 is 1.21 bits per heavy atom. The van der Waals surface area contributed by atoms with Crippen LogP contribution < -0.4 is 10.6 Å². The SMILES string of the molecule is CCC(N)c1ccc(N(C)c2cccc(C)c2)cn1. The van der Waals surface area contributed by atoms with Crippen LogP contribution in [0.3, 0.4) is 0 Å². The first-order chi connectivity index (χ1) is 9.11. The molecular weight excluding hydrogens is 234 g/mol. The van der Waals surface area contributed by atoms with Crippen LogP contribution in [0.5, 0.6) is 0 Å². The van der Waals surface area contributed by atoms with Crippen molar-refractivity contribution in [1.82, 2.24) is 4.98 Å². The van der Waals surface area contributed by atoms with Gasteiger partial charge in [-0.2, -0.15) is 0 Å². The Hall–Kier alpha value is -1.87. The minimum atomic E-state index is 0.0262. The maximum atomic E-state index is 5.98. The summed E-state index contributed by atoms with van der Waals surface area (Å²) in [5, 5.41) is 0. The molecule has 0 aliphatic carbocycles. The number of nitrogens with zero attached hydrogens (tertiary/aromatic N) is 2. The van der Waals surface area contributed by atoms with Gasteiger partial charge in [0, 0.05) is 18.8 Å². The van der Waals surface area contributed by atoms with Crippen molar-refractivity contribution in [1.29, 1.82) is 0 Å². The lowest BCUT2D eigenvalue weighted by atomic mass is 10.1. The molecule has 1 aromatic carbocycles. The van der Waals surface area contributed by atoms with E-state index in [1.54, 1.807) is 0 Å². The Balaban J connectivity index is 2.22. The number of benzene rings is 1. The number of aryl methyl sites for hydroxylation is 1. The zero-order valence-electron chi connectivity index (χ0n) is 11.8. The van der Waals surface area contributed by atoms with Crippen LogP contribution in [0.25, 0.3) is 0 Å². The highest BCUT2D eigenvalue weighted by Crippen LogP contribution is 2.24. The third kappa shape index (κ3) is 3.12. The lowest BCUT2D eigenvalue weighted by Crippen LogP contribution is -2.13. The third-order valence-corrected chi connectivity index (χ3v) is 3.37. The average Bonchev–Trinajstić information content (AvgIpc) is 2.46. The fourth-order valence-corrected chi connectivity index (χ4v) is 2.01. The van der Waals surface area contributed by atoms with Crippen LogP contribution in [0.15, 0.2) is 42.6 Å². The number of pyridine rings is 1. The van der Waals surface area contributed by atoms with Crippen LogP contribution in [-0.4, -0.2) is 12.0 Å². The molecule has 1 heterocycles. The zero-order chi connectivity index (χ0) is 13.8. The van der Waals surface area contributed by atoms with Crippen molar-refractivity contribution in [3.05, 3.63) is 53.9 Å². The summed E-state index contributed by atoms with van der Waals surface area (Å²) < 4.78 is 0. The summed E-state index contributed by atoms with van der Waals surface area (Å²) in [5.41, 5.74) is 10.4. The summed E-state index contributed by atoms with van der Waals surface area (Å²) in [6.07, 6.45) is 2.78. The first-order valence-electron chi connectivity index (χ1n) is 6.63. The van der Waals surface area contributed by atoms with Crippen molar-refractivity contribution in [3.8, 4) is 0 Å². The van der Waals surface area contributed by atoms with Gasteiger partial charge in [-0.05, 0) is 43.2 Å².